The summed E-state index contributed by atoms with van der Waals surface area (Å²) in [6.07, 6.45) is 2.97. The Labute approximate surface area is 158 Å². The molecule has 2 aromatic heterocycles. The minimum Gasteiger partial charge on any atom is -0.471 e. The van der Waals surface area contributed by atoms with Gasteiger partial charge in [-0.25, -0.2) is 18.4 Å². The van der Waals surface area contributed by atoms with E-state index in [1.807, 2.05) is 19.9 Å². The molecule has 3 heterocycles. The van der Waals surface area contributed by atoms with Crippen molar-refractivity contribution in [1.82, 2.24) is 24.1 Å². The Kier molecular flexibility index (Phi) is 5.17. The molecule has 9 nitrogen and oxygen atoms in total. The van der Waals surface area contributed by atoms with Crippen LogP contribution in [0.2, 0.25) is 0 Å². The van der Waals surface area contributed by atoms with Gasteiger partial charge in [-0.15, -0.1) is 0 Å². The maximum absolute atomic E-state index is 13.2. The molecule has 0 saturated carbocycles. The van der Waals surface area contributed by atoms with E-state index < -0.39 is 10.0 Å². The van der Waals surface area contributed by atoms with Crippen molar-refractivity contribution in [3.05, 3.63) is 29.5 Å². The highest BCUT2D eigenvalue weighted by Crippen LogP contribution is 2.29. The molecule has 1 fully saturated rings. The first kappa shape index (κ1) is 19.3. The highest BCUT2D eigenvalue weighted by Gasteiger charge is 2.37. The first-order valence-electron chi connectivity index (χ1n) is 8.69. The summed E-state index contributed by atoms with van der Waals surface area (Å²) in [5.41, 5.74) is 1.21. The highest BCUT2D eigenvalue weighted by atomic mass is 32.2. The SMILES string of the molecule is Cc1nn(C(C)C)c(C)c1S(=O)(=O)N1CCC(Oc2nccnc2C#N)C1. The fraction of sp³-hybridized carbons (Fsp3) is 0.529. The van der Waals surface area contributed by atoms with Crippen LogP contribution < -0.4 is 4.74 Å². The standard InChI is InChI=1S/C17H22N6O3S/c1-11(2)23-13(4)16(12(3)21-23)27(24,25)22-8-5-14(10-22)26-17-15(9-18)19-6-7-20-17/h6-7,11,14H,5,8,10H2,1-4H3. The fourth-order valence-electron chi connectivity index (χ4n) is 3.31. The molecule has 1 saturated heterocycles. The smallest absolute Gasteiger partial charge is 0.251 e. The fourth-order valence-corrected chi connectivity index (χ4v) is 5.16. The molecule has 0 aromatic carbocycles. The number of aryl methyl sites for hydroxylation is 1. The summed E-state index contributed by atoms with van der Waals surface area (Å²) < 4.78 is 35.2. The Morgan fingerprint density at radius 2 is 2.00 bits per heavy atom. The molecule has 1 atom stereocenters. The zero-order chi connectivity index (χ0) is 19.8. The summed E-state index contributed by atoms with van der Waals surface area (Å²) in [6, 6.07) is 2.00. The second-order valence-corrected chi connectivity index (χ2v) is 8.63. The van der Waals surface area contributed by atoms with Crippen LogP contribution in [-0.2, 0) is 10.0 Å². The van der Waals surface area contributed by atoms with E-state index in [4.69, 9.17) is 10.00 Å². The van der Waals surface area contributed by atoms with Crippen molar-refractivity contribution < 1.29 is 13.2 Å². The van der Waals surface area contributed by atoms with Crippen molar-refractivity contribution in [1.29, 1.82) is 5.26 Å². The van der Waals surface area contributed by atoms with Crippen LogP contribution in [0.5, 0.6) is 5.88 Å². The Bertz CT molecular complexity index is 993. The van der Waals surface area contributed by atoms with Crippen LogP contribution in [0, 0.1) is 25.2 Å². The molecule has 0 amide bonds. The third-order valence-corrected chi connectivity index (χ3v) is 6.62. The third kappa shape index (κ3) is 3.52. The molecule has 0 N–H and O–H groups in total. The van der Waals surface area contributed by atoms with Gasteiger partial charge in [-0.2, -0.15) is 14.7 Å². The molecule has 0 radical (unpaired) electrons. The van der Waals surface area contributed by atoms with Gasteiger partial charge in [-0.05, 0) is 34.1 Å². The van der Waals surface area contributed by atoms with E-state index in [2.05, 4.69) is 15.1 Å². The van der Waals surface area contributed by atoms with Crippen molar-refractivity contribution in [3.63, 3.8) is 0 Å². The summed E-state index contributed by atoms with van der Waals surface area (Å²) in [5, 5.41) is 13.5. The Morgan fingerprint density at radius 3 is 2.63 bits per heavy atom. The van der Waals surface area contributed by atoms with Gasteiger partial charge in [-0.3, -0.25) is 4.68 Å². The lowest BCUT2D eigenvalue weighted by Gasteiger charge is -2.17. The highest BCUT2D eigenvalue weighted by molar-refractivity contribution is 7.89. The predicted octanol–water partition coefficient (Wildman–Crippen LogP) is 1.58. The van der Waals surface area contributed by atoms with E-state index >= 15 is 0 Å². The van der Waals surface area contributed by atoms with Crippen LogP contribution in [0.4, 0.5) is 0 Å². The summed E-state index contributed by atoms with van der Waals surface area (Å²) >= 11 is 0. The second-order valence-electron chi connectivity index (χ2n) is 6.75. The maximum Gasteiger partial charge on any atom is 0.251 e. The van der Waals surface area contributed by atoms with Crippen molar-refractivity contribution in [3.8, 4) is 11.9 Å². The molecule has 0 aliphatic carbocycles. The number of sulfonamides is 1. The van der Waals surface area contributed by atoms with Crippen LogP contribution in [0.1, 0.15) is 43.4 Å². The Balaban J connectivity index is 1.82. The van der Waals surface area contributed by atoms with E-state index in [-0.39, 0.29) is 35.2 Å². The lowest BCUT2D eigenvalue weighted by atomic mass is 10.3. The number of hydrogen-bond acceptors (Lipinski definition) is 7. The molecule has 1 unspecified atom stereocenters. The normalized spacial score (nSPS) is 18.0. The summed E-state index contributed by atoms with van der Waals surface area (Å²) in [6.45, 7) is 7.93. The van der Waals surface area contributed by atoms with Gasteiger partial charge < -0.3 is 4.74 Å². The van der Waals surface area contributed by atoms with Crippen molar-refractivity contribution >= 4 is 10.0 Å². The lowest BCUT2D eigenvalue weighted by Crippen LogP contribution is -2.32. The largest absolute Gasteiger partial charge is 0.471 e. The van der Waals surface area contributed by atoms with E-state index in [1.54, 1.807) is 18.5 Å². The molecule has 0 spiro atoms. The van der Waals surface area contributed by atoms with Crippen molar-refractivity contribution in [2.45, 2.75) is 51.2 Å². The first-order valence-corrected chi connectivity index (χ1v) is 10.1. The van der Waals surface area contributed by atoms with Crippen LogP contribution >= 0.6 is 0 Å². The molecule has 144 valence electrons. The van der Waals surface area contributed by atoms with Gasteiger partial charge in [0, 0.05) is 25.0 Å². The molecule has 1 aliphatic rings. The Hall–Kier alpha value is -2.51. The minimum absolute atomic E-state index is 0.0726. The van der Waals surface area contributed by atoms with Crippen LogP contribution in [0.3, 0.4) is 0 Å². The van der Waals surface area contributed by atoms with Gasteiger partial charge in [-0.1, -0.05) is 0 Å². The quantitative estimate of drug-likeness (QED) is 0.761. The van der Waals surface area contributed by atoms with Gasteiger partial charge in [0.2, 0.25) is 15.7 Å². The van der Waals surface area contributed by atoms with E-state index in [9.17, 15) is 8.42 Å². The Morgan fingerprint density at radius 1 is 1.30 bits per heavy atom. The van der Waals surface area contributed by atoms with E-state index in [1.165, 1.54) is 16.7 Å². The predicted molar refractivity (Wildman–Crippen MR) is 96.6 cm³/mol. The van der Waals surface area contributed by atoms with Crippen LogP contribution in [0.15, 0.2) is 17.3 Å². The molecular formula is C17H22N6O3S. The molecule has 10 heteroatoms. The van der Waals surface area contributed by atoms with Gasteiger partial charge in [0.15, 0.2) is 0 Å². The van der Waals surface area contributed by atoms with Crippen LogP contribution in [0.25, 0.3) is 0 Å². The number of hydrogen-bond donors (Lipinski definition) is 0. The molecular weight excluding hydrogens is 368 g/mol. The molecule has 1 aliphatic heterocycles. The van der Waals surface area contributed by atoms with E-state index in [0.717, 1.165) is 0 Å². The van der Waals surface area contributed by atoms with Gasteiger partial charge in [0.05, 0.1) is 17.9 Å². The van der Waals surface area contributed by atoms with Crippen LogP contribution in [-0.4, -0.2) is 51.7 Å². The number of ether oxygens (including phenoxy) is 1. The number of nitriles is 1. The molecule has 27 heavy (non-hydrogen) atoms. The topological polar surface area (TPSA) is 114 Å². The number of rotatable bonds is 5. The number of nitrogens with zero attached hydrogens (tertiary/aromatic N) is 6. The molecule has 3 rings (SSSR count). The maximum atomic E-state index is 13.2. The molecule has 0 bridgehead atoms. The average molecular weight is 390 g/mol. The second kappa shape index (κ2) is 7.25. The minimum atomic E-state index is -3.68. The summed E-state index contributed by atoms with van der Waals surface area (Å²) in [7, 11) is -3.68. The summed E-state index contributed by atoms with van der Waals surface area (Å²) in [4.78, 5) is 8.18. The van der Waals surface area contributed by atoms with Gasteiger partial charge >= 0.3 is 0 Å². The third-order valence-electron chi connectivity index (χ3n) is 4.50. The van der Waals surface area contributed by atoms with Crippen molar-refractivity contribution in [2.75, 3.05) is 13.1 Å². The monoisotopic (exact) mass is 390 g/mol. The first-order chi connectivity index (χ1) is 12.8. The lowest BCUT2D eigenvalue weighted by molar-refractivity contribution is 0.205. The van der Waals surface area contributed by atoms with E-state index in [0.29, 0.717) is 24.4 Å². The molecule has 2 aromatic rings. The van der Waals surface area contributed by atoms with Crippen molar-refractivity contribution in [2.24, 2.45) is 0 Å². The summed E-state index contributed by atoms with van der Waals surface area (Å²) in [5.74, 6) is 0.129. The number of aromatic nitrogens is 4. The van der Waals surface area contributed by atoms with Gasteiger partial charge in [0.1, 0.15) is 17.1 Å². The zero-order valence-corrected chi connectivity index (χ0v) is 16.6. The van der Waals surface area contributed by atoms with Gasteiger partial charge in [0.25, 0.3) is 5.88 Å². The average Bonchev–Trinajstić information content (AvgIpc) is 3.20. The zero-order valence-electron chi connectivity index (χ0n) is 15.7.